The summed E-state index contributed by atoms with van der Waals surface area (Å²) in [4.78, 5) is 66.0. The Morgan fingerprint density at radius 1 is 1.03 bits per heavy atom. The molecule has 10 nitrogen and oxygen atoms in total. The highest BCUT2D eigenvalue weighted by atomic mass is 16.5. The number of carbonyl (C=O) groups excluding carboxylic acids is 5. The number of aromatic nitrogens is 1. The van der Waals surface area contributed by atoms with E-state index in [0.29, 0.717) is 5.56 Å². The number of benzene rings is 1. The van der Waals surface area contributed by atoms with E-state index in [-0.39, 0.29) is 17.7 Å². The van der Waals surface area contributed by atoms with Crippen LogP contribution in [-0.2, 0) is 19.1 Å². The van der Waals surface area contributed by atoms with E-state index in [0.717, 1.165) is 4.90 Å². The average Bonchev–Trinajstić information content (AvgIpc) is 3.01. The maximum atomic E-state index is 12.6. The van der Waals surface area contributed by atoms with Gasteiger partial charge in [0.25, 0.3) is 11.8 Å². The Hall–Kier alpha value is -4.08. The van der Waals surface area contributed by atoms with Crippen LogP contribution in [0, 0.1) is 0 Å². The third-order valence-electron chi connectivity index (χ3n) is 4.42. The van der Waals surface area contributed by atoms with Crippen LogP contribution in [0.2, 0.25) is 0 Å². The first-order valence-electron chi connectivity index (χ1n) is 8.91. The van der Waals surface area contributed by atoms with Crippen molar-refractivity contribution in [1.29, 1.82) is 0 Å². The van der Waals surface area contributed by atoms with Gasteiger partial charge in [-0.1, -0.05) is 12.1 Å². The van der Waals surface area contributed by atoms with E-state index in [1.807, 2.05) is 0 Å². The lowest BCUT2D eigenvalue weighted by molar-refractivity contribution is -0.141. The monoisotopic (exact) mass is 410 g/mol. The minimum absolute atomic E-state index is 0.219. The molecule has 0 radical (unpaired) electrons. The van der Waals surface area contributed by atoms with Crippen LogP contribution in [0.15, 0.2) is 48.8 Å². The first kappa shape index (κ1) is 20.6. The summed E-state index contributed by atoms with van der Waals surface area (Å²) in [6, 6.07) is 8.13. The zero-order chi connectivity index (χ0) is 21.7. The Morgan fingerprint density at radius 2 is 1.63 bits per heavy atom. The summed E-state index contributed by atoms with van der Waals surface area (Å²) in [6.07, 6.45) is 2.87. The minimum atomic E-state index is -1.17. The topological polar surface area (TPSA) is 135 Å². The van der Waals surface area contributed by atoms with E-state index in [1.165, 1.54) is 43.8 Å². The lowest BCUT2D eigenvalue weighted by atomic mass is 10.1. The third-order valence-corrected chi connectivity index (χ3v) is 4.42. The molecule has 1 unspecified atom stereocenters. The lowest BCUT2D eigenvalue weighted by Gasteiger charge is -2.20. The number of hydrogen-bond acceptors (Lipinski definition) is 7. The van der Waals surface area contributed by atoms with Crippen LogP contribution in [0.5, 0.6) is 0 Å². The van der Waals surface area contributed by atoms with Crippen molar-refractivity contribution < 1.29 is 28.7 Å². The minimum Gasteiger partial charge on any atom is -0.468 e. The molecule has 2 N–H and O–H groups in total. The third kappa shape index (κ3) is 4.32. The molecule has 1 aliphatic heterocycles. The Morgan fingerprint density at radius 3 is 2.20 bits per heavy atom. The molecule has 10 heteroatoms. The molecule has 1 aliphatic rings. The van der Waals surface area contributed by atoms with E-state index < -0.39 is 42.2 Å². The van der Waals surface area contributed by atoms with Crippen LogP contribution in [0.1, 0.15) is 32.3 Å². The number of hydrogen-bond donors (Lipinski definition) is 2. The molecule has 3 rings (SSSR count). The molecule has 30 heavy (non-hydrogen) atoms. The van der Waals surface area contributed by atoms with Crippen LogP contribution < -0.4 is 10.6 Å². The molecule has 0 bridgehead atoms. The SMILES string of the molecule is COC(=O)CNC(=O)C(NC(=O)CN1C(=O)c2ccccc2C1=O)c1ccncc1. The van der Waals surface area contributed by atoms with Gasteiger partial charge in [-0.15, -0.1) is 0 Å². The van der Waals surface area contributed by atoms with Gasteiger partial charge in [0.15, 0.2) is 0 Å². The van der Waals surface area contributed by atoms with Crippen LogP contribution in [0.3, 0.4) is 0 Å². The molecule has 1 atom stereocenters. The van der Waals surface area contributed by atoms with E-state index in [4.69, 9.17) is 0 Å². The number of carbonyl (C=O) groups is 5. The maximum absolute atomic E-state index is 12.6. The predicted octanol–water partition coefficient (Wildman–Crippen LogP) is -0.176. The summed E-state index contributed by atoms with van der Waals surface area (Å²) in [5, 5.41) is 4.86. The van der Waals surface area contributed by atoms with Gasteiger partial charge in [0.1, 0.15) is 19.1 Å². The highest BCUT2D eigenvalue weighted by Crippen LogP contribution is 2.22. The number of nitrogens with zero attached hydrogens (tertiary/aromatic N) is 2. The first-order chi connectivity index (χ1) is 14.4. The predicted molar refractivity (Wildman–Crippen MR) is 102 cm³/mol. The van der Waals surface area contributed by atoms with Crippen molar-refractivity contribution >= 4 is 29.6 Å². The van der Waals surface area contributed by atoms with Crippen LogP contribution in [-0.4, -0.2) is 59.7 Å². The summed E-state index contributed by atoms with van der Waals surface area (Å²) in [7, 11) is 1.18. The first-order valence-corrected chi connectivity index (χ1v) is 8.91. The van der Waals surface area contributed by atoms with Crippen molar-refractivity contribution in [2.75, 3.05) is 20.2 Å². The number of nitrogens with one attached hydrogen (secondary N) is 2. The molecule has 1 aromatic carbocycles. The van der Waals surface area contributed by atoms with Crippen LogP contribution in [0.25, 0.3) is 0 Å². The van der Waals surface area contributed by atoms with Gasteiger partial charge >= 0.3 is 5.97 Å². The summed E-state index contributed by atoms with van der Waals surface area (Å²) in [5.41, 5.74) is 0.844. The fourth-order valence-electron chi connectivity index (χ4n) is 2.92. The molecular weight excluding hydrogens is 392 g/mol. The van der Waals surface area contributed by atoms with Gasteiger partial charge in [0.2, 0.25) is 11.8 Å². The smallest absolute Gasteiger partial charge is 0.325 e. The lowest BCUT2D eigenvalue weighted by Crippen LogP contribution is -2.46. The number of fused-ring (bicyclic) bond motifs is 1. The standard InChI is InChI=1S/C20H18N4O6/c1-30-16(26)10-22-18(27)17(12-6-8-21-9-7-12)23-15(25)11-24-19(28)13-4-2-3-5-14(13)20(24)29/h2-9,17H,10-11H2,1H3,(H,22,27)(H,23,25). The number of rotatable bonds is 7. The highest BCUT2D eigenvalue weighted by Gasteiger charge is 2.37. The van der Waals surface area contributed by atoms with Gasteiger partial charge in [-0.3, -0.25) is 33.9 Å². The Balaban J connectivity index is 1.72. The van der Waals surface area contributed by atoms with Gasteiger partial charge in [0, 0.05) is 12.4 Å². The van der Waals surface area contributed by atoms with Crippen molar-refractivity contribution in [1.82, 2.24) is 20.5 Å². The Bertz CT molecular complexity index is 972. The van der Waals surface area contributed by atoms with E-state index in [1.54, 1.807) is 12.1 Å². The normalized spacial score (nSPS) is 13.4. The summed E-state index contributed by atoms with van der Waals surface area (Å²) in [6.45, 7) is -0.941. The molecular formula is C20H18N4O6. The van der Waals surface area contributed by atoms with Crippen molar-refractivity contribution in [3.63, 3.8) is 0 Å². The van der Waals surface area contributed by atoms with Crippen molar-refractivity contribution in [3.8, 4) is 0 Å². The zero-order valence-corrected chi connectivity index (χ0v) is 16.0. The molecule has 4 amide bonds. The molecule has 1 aromatic heterocycles. The fraction of sp³-hybridized carbons (Fsp3) is 0.200. The Kier molecular flexibility index (Phi) is 6.16. The Labute approximate surface area is 171 Å². The fourth-order valence-corrected chi connectivity index (χ4v) is 2.92. The summed E-state index contributed by atoms with van der Waals surface area (Å²) in [5.74, 6) is -3.21. The van der Waals surface area contributed by atoms with E-state index in [9.17, 15) is 24.0 Å². The molecule has 0 aliphatic carbocycles. The molecule has 2 aromatic rings. The molecule has 2 heterocycles. The molecule has 154 valence electrons. The second-order valence-electron chi connectivity index (χ2n) is 6.32. The largest absolute Gasteiger partial charge is 0.468 e. The molecule has 0 saturated heterocycles. The van der Waals surface area contributed by atoms with Crippen LogP contribution in [0.4, 0.5) is 0 Å². The maximum Gasteiger partial charge on any atom is 0.325 e. The zero-order valence-electron chi connectivity index (χ0n) is 16.0. The van der Waals surface area contributed by atoms with Crippen molar-refractivity contribution in [2.45, 2.75) is 6.04 Å². The van der Waals surface area contributed by atoms with Gasteiger partial charge < -0.3 is 15.4 Å². The van der Waals surface area contributed by atoms with Crippen molar-refractivity contribution in [3.05, 3.63) is 65.5 Å². The van der Waals surface area contributed by atoms with Gasteiger partial charge in [-0.2, -0.15) is 0 Å². The molecule has 0 saturated carbocycles. The second kappa shape index (κ2) is 8.95. The van der Waals surface area contributed by atoms with Crippen molar-refractivity contribution in [2.24, 2.45) is 0 Å². The number of esters is 1. The quantitative estimate of drug-likeness (QED) is 0.478. The number of pyridine rings is 1. The van der Waals surface area contributed by atoms with Crippen LogP contribution >= 0.6 is 0 Å². The molecule has 0 fully saturated rings. The number of methoxy groups -OCH3 is 1. The van der Waals surface area contributed by atoms with E-state index in [2.05, 4.69) is 20.4 Å². The number of imide groups is 1. The molecule has 0 spiro atoms. The number of amides is 4. The second-order valence-corrected chi connectivity index (χ2v) is 6.32. The van der Waals surface area contributed by atoms with Gasteiger partial charge in [0.05, 0.1) is 18.2 Å². The summed E-state index contributed by atoms with van der Waals surface area (Å²) >= 11 is 0. The number of ether oxygens (including phenoxy) is 1. The van der Waals surface area contributed by atoms with Gasteiger partial charge in [-0.05, 0) is 29.8 Å². The highest BCUT2D eigenvalue weighted by molar-refractivity contribution is 6.22. The summed E-state index contributed by atoms with van der Waals surface area (Å²) < 4.78 is 4.48. The van der Waals surface area contributed by atoms with Gasteiger partial charge in [-0.25, -0.2) is 0 Å². The van der Waals surface area contributed by atoms with E-state index >= 15 is 0 Å². The average molecular weight is 410 g/mol.